The standard InChI is InChI=1S/C16H25BrO2/c17-4-2-1-3-15(18)19-11-16-8-12-5-13(9-16)7-14(6-12)10-16/h12-14H,1-11H2. The van der Waals surface area contributed by atoms with Crippen LogP contribution < -0.4 is 0 Å². The Kier molecular flexibility index (Phi) is 4.21. The molecule has 0 unspecified atom stereocenters. The third-order valence-corrected chi connectivity index (χ3v) is 6.03. The largest absolute Gasteiger partial charge is 0.465 e. The van der Waals surface area contributed by atoms with Gasteiger partial charge < -0.3 is 4.74 Å². The first-order valence-electron chi connectivity index (χ1n) is 7.91. The Balaban J connectivity index is 1.48. The minimum Gasteiger partial charge on any atom is -0.465 e. The molecule has 0 aromatic carbocycles. The SMILES string of the molecule is O=C(CCCCBr)OCC12CC3CC(CC(C3)C1)C2. The van der Waals surface area contributed by atoms with E-state index in [0.29, 0.717) is 18.4 Å². The van der Waals surface area contributed by atoms with Crippen LogP contribution in [-0.2, 0) is 9.53 Å². The molecule has 4 bridgehead atoms. The lowest BCUT2D eigenvalue weighted by atomic mass is 9.50. The first kappa shape index (κ1) is 13.9. The molecule has 0 atom stereocenters. The van der Waals surface area contributed by atoms with Crippen molar-refractivity contribution in [2.75, 3.05) is 11.9 Å². The third kappa shape index (κ3) is 3.17. The van der Waals surface area contributed by atoms with Gasteiger partial charge in [-0.15, -0.1) is 0 Å². The molecule has 0 aliphatic heterocycles. The lowest BCUT2D eigenvalue weighted by molar-refractivity contribution is -0.155. The molecule has 2 nitrogen and oxygen atoms in total. The predicted molar refractivity (Wildman–Crippen MR) is 79.2 cm³/mol. The van der Waals surface area contributed by atoms with Gasteiger partial charge in [-0.2, -0.15) is 0 Å². The minimum absolute atomic E-state index is 0.0247. The summed E-state index contributed by atoms with van der Waals surface area (Å²) in [5, 5.41) is 0.981. The van der Waals surface area contributed by atoms with Crippen LogP contribution in [0.5, 0.6) is 0 Å². The summed E-state index contributed by atoms with van der Waals surface area (Å²) in [7, 11) is 0. The minimum atomic E-state index is 0.0247. The molecular weight excluding hydrogens is 304 g/mol. The monoisotopic (exact) mass is 328 g/mol. The number of rotatable bonds is 6. The molecule has 0 spiro atoms. The number of carbonyl (C=O) groups excluding carboxylic acids is 1. The average Bonchev–Trinajstić information content (AvgIpc) is 2.35. The zero-order valence-corrected chi connectivity index (χ0v) is 13.3. The number of unbranched alkanes of at least 4 members (excludes halogenated alkanes) is 1. The van der Waals surface area contributed by atoms with Crippen molar-refractivity contribution in [3.05, 3.63) is 0 Å². The lowest BCUT2D eigenvalue weighted by Crippen LogP contribution is -2.48. The summed E-state index contributed by atoms with van der Waals surface area (Å²) < 4.78 is 5.62. The van der Waals surface area contributed by atoms with Gasteiger partial charge in [0, 0.05) is 17.2 Å². The van der Waals surface area contributed by atoms with E-state index in [0.717, 1.165) is 35.9 Å². The van der Waals surface area contributed by atoms with Crippen molar-refractivity contribution in [3.8, 4) is 0 Å². The smallest absolute Gasteiger partial charge is 0.305 e. The van der Waals surface area contributed by atoms with E-state index in [-0.39, 0.29) is 5.97 Å². The Morgan fingerprint density at radius 1 is 1.05 bits per heavy atom. The second-order valence-corrected chi connectivity index (χ2v) is 8.02. The molecular formula is C16H25BrO2. The Hall–Kier alpha value is -0.0500. The molecule has 4 fully saturated rings. The molecule has 19 heavy (non-hydrogen) atoms. The van der Waals surface area contributed by atoms with Gasteiger partial charge in [0.05, 0.1) is 6.61 Å². The van der Waals surface area contributed by atoms with Crippen molar-refractivity contribution in [2.45, 2.75) is 57.8 Å². The summed E-state index contributed by atoms with van der Waals surface area (Å²) in [5.41, 5.74) is 0.375. The number of esters is 1. The number of hydrogen-bond acceptors (Lipinski definition) is 2. The van der Waals surface area contributed by atoms with Crippen LogP contribution in [0.2, 0.25) is 0 Å². The molecule has 0 radical (unpaired) electrons. The molecule has 0 saturated heterocycles. The van der Waals surface area contributed by atoms with Gasteiger partial charge in [-0.05, 0) is 69.1 Å². The van der Waals surface area contributed by atoms with Crippen LogP contribution in [0.4, 0.5) is 0 Å². The van der Waals surface area contributed by atoms with Crippen molar-refractivity contribution in [2.24, 2.45) is 23.2 Å². The molecule has 0 aromatic rings. The second kappa shape index (κ2) is 5.75. The van der Waals surface area contributed by atoms with Gasteiger partial charge >= 0.3 is 5.97 Å². The van der Waals surface area contributed by atoms with E-state index >= 15 is 0 Å². The number of alkyl halides is 1. The lowest BCUT2D eigenvalue weighted by Gasteiger charge is -2.56. The first-order chi connectivity index (χ1) is 9.19. The highest BCUT2D eigenvalue weighted by Crippen LogP contribution is 2.60. The third-order valence-electron chi connectivity index (χ3n) is 5.47. The van der Waals surface area contributed by atoms with Gasteiger partial charge in [0.15, 0.2) is 0 Å². The number of hydrogen-bond donors (Lipinski definition) is 0. The Morgan fingerprint density at radius 2 is 1.63 bits per heavy atom. The number of carbonyl (C=O) groups is 1. The summed E-state index contributed by atoms with van der Waals surface area (Å²) in [6.07, 6.45) is 11.0. The molecule has 0 heterocycles. The Morgan fingerprint density at radius 3 is 2.16 bits per heavy atom. The molecule has 4 aliphatic carbocycles. The van der Waals surface area contributed by atoms with Gasteiger partial charge in [-0.25, -0.2) is 0 Å². The van der Waals surface area contributed by atoms with Crippen LogP contribution in [0.25, 0.3) is 0 Å². The van der Waals surface area contributed by atoms with Crippen molar-refractivity contribution in [3.63, 3.8) is 0 Å². The molecule has 108 valence electrons. The predicted octanol–water partition coefficient (Wildman–Crippen LogP) is 4.31. The highest BCUT2D eigenvalue weighted by Gasteiger charge is 2.51. The van der Waals surface area contributed by atoms with Gasteiger partial charge in [0.25, 0.3) is 0 Å². The summed E-state index contributed by atoms with van der Waals surface area (Å²) >= 11 is 3.39. The Bertz CT molecular complexity index is 304. The van der Waals surface area contributed by atoms with Gasteiger partial charge in [-0.1, -0.05) is 15.9 Å². The number of ether oxygens (including phenoxy) is 1. The summed E-state index contributed by atoms with van der Waals surface area (Å²) in [5.74, 6) is 2.85. The molecule has 0 N–H and O–H groups in total. The van der Waals surface area contributed by atoms with Crippen molar-refractivity contribution in [1.82, 2.24) is 0 Å². The quantitative estimate of drug-likeness (QED) is 0.412. The first-order valence-corrected chi connectivity index (χ1v) is 9.03. The van der Waals surface area contributed by atoms with Gasteiger partial charge in [-0.3, -0.25) is 4.79 Å². The second-order valence-electron chi connectivity index (χ2n) is 7.22. The van der Waals surface area contributed by atoms with Gasteiger partial charge in [0.2, 0.25) is 0 Å². The van der Waals surface area contributed by atoms with Crippen LogP contribution in [0.15, 0.2) is 0 Å². The van der Waals surface area contributed by atoms with Crippen molar-refractivity contribution < 1.29 is 9.53 Å². The molecule has 3 heteroatoms. The van der Waals surface area contributed by atoms with E-state index in [1.54, 1.807) is 0 Å². The summed E-state index contributed by atoms with van der Waals surface area (Å²) in [4.78, 5) is 11.8. The van der Waals surface area contributed by atoms with E-state index in [9.17, 15) is 4.79 Å². The van der Waals surface area contributed by atoms with Crippen LogP contribution in [0.1, 0.15) is 57.8 Å². The summed E-state index contributed by atoms with van der Waals surface area (Å²) in [6, 6.07) is 0. The molecule has 4 aliphatic rings. The zero-order valence-electron chi connectivity index (χ0n) is 11.7. The fourth-order valence-electron chi connectivity index (χ4n) is 5.14. The van der Waals surface area contributed by atoms with Crippen LogP contribution in [0.3, 0.4) is 0 Å². The maximum atomic E-state index is 11.8. The Labute approximate surface area is 124 Å². The van der Waals surface area contributed by atoms with Crippen LogP contribution in [-0.4, -0.2) is 17.9 Å². The van der Waals surface area contributed by atoms with Crippen LogP contribution >= 0.6 is 15.9 Å². The topological polar surface area (TPSA) is 26.3 Å². The van der Waals surface area contributed by atoms with E-state index in [1.807, 2.05) is 0 Å². The van der Waals surface area contributed by atoms with Crippen LogP contribution in [0, 0.1) is 23.2 Å². The van der Waals surface area contributed by atoms with E-state index in [4.69, 9.17) is 4.74 Å². The molecule has 0 amide bonds. The fourth-order valence-corrected chi connectivity index (χ4v) is 5.53. The van der Waals surface area contributed by atoms with Crippen molar-refractivity contribution >= 4 is 21.9 Å². The normalized spacial score (nSPS) is 39.5. The maximum Gasteiger partial charge on any atom is 0.305 e. The molecule has 0 aromatic heterocycles. The van der Waals surface area contributed by atoms with E-state index < -0.39 is 0 Å². The fraction of sp³-hybridized carbons (Fsp3) is 0.938. The zero-order chi connectivity index (χ0) is 13.3. The highest BCUT2D eigenvalue weighted by molar-refractivity contribution is 9.09. The van der Waals surface area contributed by atoms with Gasteiger partial charge in [0.1, 0.15) is 0 Å². The maximum absolute atomic E-state index is 11.8. The van der Waals surface area contributed by atoms with Crippen molar-refractivity contribution in [1.29, 1.82) is 0 Å². The number of halogens is 1. The molecule has 4 saturated carbocycles. The average molecular weight is 329 g/mol. The van der Waals surface area contributed by atoms with E-state index in [2.05, 4.69) is 15.9 Å². The molecule has 4 rings (SSSR count). The highest BCUT2D eigenvalue weighted by atomic mass is 79.9. The summed E-state index contributed by atoms with van der Waals surface area (Å²) in [6.45, 7) is 0.712. The van der Waals surface area contributed by atoms with E-state index in [1.165, 1.54) is 38.5 Å².